The van der Waals surface area contributed by atoms with Gasteiger partial charge in [0.1, 0.15) is 16.9 Å². The number of thiazole rings is 1. The molecule has 2 N–H and O–H groups in total. The summed E-state index contributed by atoms with van der Waals surface area (Å²) in [5.41, 5.74) is 1.94. The van der Waals surface area contributed by atoms with E-state index in [9.17, 15) is 24.6 Å². The molecule has 3 aromatic rings. The number of β-lactam (4-membered cyclic amide) rings is 1. The number of nitrogens with zero attached hydrogens (tertiary/aromatic N) is 5. The van der Waals surface area contributed by atoms with E-state index in [1.54, 1.807) is 16.8 Å². The van der Waals surface area contributed by atoms with E-state index in [2.05, 4.69) is 20.2 Å². The SMILES string of the molecule is C[C@@H](O)[C@H]1C(=O)N2C(C(=O)[O-])=C(c3cn4cnc(C(=O)c5cncc(CN6CCNCC6)c5)c4s3)[C@H](C)[C@H]12.[Na+]. The Labute approximate surface area is 250 Å². The number of carboxylic acid groups (broad SMARTS) is 1. The summed E-state index contributed by atoms with van der Waals surface area (Å²) in [5.74, 6) is -3.12. The van der Waals surface area contributed by atoms with Gasteiger partial charge in [0.15, 0.2) is 0 Å². The fourth-order valence-corrected chi connectivity index (χ4v) is 7.14. The van der Waals surface area contributed by atoms with Gasteiger partial charge in [0.2, 0.25) is 11.7 Å². The average molecular weight is 559 g/mol. The molecule has 0 saturated carbocycles. The van der Waals surface area contributed by atoms with Crippen molar-refractivity contribution in [2.45, 2.75) is 32.5 Å². The maximum atomic E-state index is 13.5. The van der Waals surface area contributed by atoms with Crippen LogP contribution in [0.25, 0.3) is 10.4 Å². The van der Waals surface area contributed by atoms with Crippen LogP contribution in [0.5, 0.6) is 0 Å². The van der Waals surface area contributed by atoms with Crippen molar-refractivity contribution in [2.24, 2.45) is 11.8 Å². The van der Waals surface area contributed by atoms with Gasteiger partial charge in [0, 0.05) is 68.4 Å². The largest absolute Gasteiger partial charge is 1.00 e. The number of pyridine rings is 1. The molecule has 11 nitrogen and oxygen atoms in total. The monoisotopic (exact) mass is 558 g/mol. The summed E-state index contributed by atoms with van der Waals surface area (Å²) >= 11 is 1.25. The van der Waals surface area contributed by atoms with Crippen molar-refractivity contribution < 1.29 is 54.2 Å². The van der Waals surface area contributed by atoms with Crippen LogP contribution in [0.15, 0.2) is 36.7 Å². The normalized spacial score (nSPS) is 23.9. The molecule has 0 radical (unpaired) electrons. The molecule has 0 aliphatic carbocycles. The van der Waals surface area contributed by atoms with E-state index in [1.807, 2.05) is 13.0 Å². The van der Waals surface area contributed by atoms with Crippen molar-refractivity contribution in [3.8, 4) is 0 Å². The van der Waals surface area contributed by atoms with Crippen LogP contribution < -0.4 is 40.0 Å². The summed E-state index contributed by atoms with van der Waals surface area (Å²) in [6.07, 6.45) is 5.66. The number of hydrogen-bond donors (Lipinski definition) is 2. The standard InChI is InChI=1S/C26H28N6O5S.Na/c1-13-18(22(26(36)37)32-21(13)19(14(2)33)24(32)35)17-11-31-12-29-20(25(31)38-17)23(34)16-7-15(8-28-9-16)10-30-5-3-27-4-6-30;/h7-9,11-14,19,21,27,33H,3-6,10H2,1-2H3,(H,36,37);/q;+1/p-1/t13-,14+,19+,21+;/m0./s1. The third kappa shape index (κ3) is 4.67. The van der Waals surface area contributed by atoms with Gasteiger partial charge in [-0.25, -0.2) is 4.98 Å². The molecule has 0 aromatic carbocycles. The number of carboxylic acids is 1. The molecule has 39 heavy (non-hydrogen) atoms. The second-order valence-electron chi connectivity index (χ2n) is 10.1. The molecule has 13 heteroatoms. The molecule has 3 aliphatic heterocycles. The summed E-state index contributed by atoms with van der Waals surface area (Å²) in [4.78, 5) is 51.6. The number of hydrogen-bond acceptors (Lipinski definition) is 10. The van der Waals surface area contributed by atoms with E-state index in [-0.39, 0.29) is 52.6 Å². The third-order valence-electron chi connectivity index (χ3n) is 7.73. The summed E-state index contributed by atoms with van der Waals surface area (Å²) in [5, 5.41) is 25.6. The number of ketones is 1. The quantitative estimate of drug-likeness (QED) is 0.174. The van der Waals surface area contributed by atoms with E-state index in [4.69, 9.17) is 0 Å². The molecular weight excluding hydrogens is 531 g/mol. The molecule has 198 valence electrons. The van der Waals surface area contributed by atoms with Crippen molar-refractivity contribution in [1.82, 2.24) is 29.5 Å². The van der Waals surface area contributed by atoms with Crippen molar-refractivity contribution >= 4 is 39.4 Å². The number of rotatable bonds is 7. The Morgan fingerprint density at radius 2 is 2.03 bits per heavy atom. The van der Waals surface area contributed by atoms with Crippen LogP contribution in [0.4, 0.5) is 0 Å². The molecule has 2 saturated heterocycles. The zero-order chi connectivity index (χ0) is 26.7. The summed E-state index contributed by atoms with van der Waals surface area (Å²) in [6.45, 7) is 7.82. The predicted molar refractivity (Wildman–Crippen MR) is 136 cm³/mol. The third-order valence-corrected chi connectivity index (χ3v) is 8.87. The minimum Gasteiger partial charge on any atom is -0.543 e. The van der Waals surface area contributed by atoms with Crippen molar-refractivity contribution in [1.29, 1.82) is 0 Å². The number of fused-ring (bicyclic) bond motifs is 2. The summed E-state index contributed by atoms with van der Waals surface area (Å²) in [7, 11) is 0. The minimum atomic E-state index is -1.44. The van der Waals surface area contributed by atoms with Crippen LogP contribution >= 0.6 is 11.3 Å². The maximum Gasteiger partial charge on any atom is 1.00 e. The maximum absolute atomic E-state index is 13.5. The van der Waals surface area contributed by atoms with Gasteiger partial charge in [-0.3, -0.25) is 23.9 Å². The van der Waals surface area contributed by atoms with E-state index in [1.165, 1.54) is 35.7 Å². The molecule has 6 rings (SSSR count). The van der Waals surface area contributed by atoms with Gasteiger partial charge in [0.25, 0.3) is 0 Å². The summed E-state index contributed by atoms with van der Waals surface area (Å²) in [6, 6.07) is 1.40. The van der Waals surface area contributed by atoms with E-state index < -0.39 is 29.9 Å². The van der Waals surface area contributed by atoms with Crippen LogP contribution in [0, 0.1) is 11.8 Å². The smallest absolute Gasteiger partial charge is 0.543 e. The number of carbonyl (C=O) groups excluding carboxylic acids is 3. The number of amides is 1. The molecule has 0 spiro atoms. The molecular formula is C26H27N6NaO5S. The van der Waals surface area contributed by atoms with Gasteiger partial charge in [-0.15, -0.1) is 11.3 Å². The fraction of sp³-hybridized carbons (Fsp3) is 0.423. The zero-order valence-electron chi connectivity index (χ0n) is 22.0. The van der Waals surface area contributed by atoms with Gasteiger partial charge in [-0.2, -0.15) is 0 Å². The van der Waals surface area contributed by atoms with Gasteiger partial charge >= 0.3 is 29.6 Å². The first-order valence-electron chi connectivity index (χ1n) is 12.6. The fourth-order valence-electron chi connectivity index (χ4n) is 5.93. The Bertz CT molecular complexity index is 1490. The number of aliphatic carboxylic acids is 1. The second-order valence-corrected chi connectivity index (χ2v) is 11.2. The van der Waals surface area contributed by atoms with E-state index >= 15 is 0 Å². The first kappa shape index (κ1) is 28.1. The molecule has 6 heterocycles. The van der Waals surface area contributed by atoms with Crippen LogP contribution in [-0.4, -0.2) is 85.3 Å². The van der Waals surface area contributed by atoms with Gasteiger partial charge < -0.3 is 25.2 Å². The van der Waals surface area contributed by atoms with Gasteiger partial charge in [-0.05, 0) is 18.6 Å². The molecule has 0 unspecified atom stereocenters. The first-order valence-corrected chi connectivity index (χ1v) is 13.4. The number of aromatic nitrogens is 3. The van der Waals surface area contributed by atoms with Crippen molar-refractivity contribution in [3.05, 3.63) is 58.4 Å². The molecule has 4 atom stereocenters. The van der Waals surface area contributed by atoms with E-state index in [0.29, 0.717) is 27.4 Å². The number of aliphatic hydroxyl groups excluding tert-OH is 1. The minimum absolute atomic E-state index is 0. The number of piperazine rings is 1. The Morgan fingerprint density at radius 1 is 1.28 bits per heavy atom. The first-order chi connectivity index (χ1) is 18.3. The number of nitrogens with one attached hydrogen (secondary N) is 1. The number of imidazole rings is 1. The van der Waals surface area contributed by atoms with Crippen molar-refractivity contribution in [2.75, 3.05) is 26.2 Å². The molecule has 3 aliphatic rings. The van der Waals surface area contributed by atoms with E-state index in [0.717, 1.165) is 31.7 Å². The zero-order valence-corrected chi connectivity index (χ0v) is 24.8. The second kappa shape index (κ2) is 10.8. The Hall–Kier alpha value is -2.45. The average Bonchev–Trinajstić information content (AvgIpc) is 3.54. The number of carbonyl (C=O) groups is 3. The Kier molecular flexibility index (Phi) is 7.81. The molecule has 0 bridgehead atoms. The number of aliphatic hydroxyl groups is 1. The van der Waals surface area contributed by atoms with Gasteiger partial charge in [0.05, 0.1) is 34.6 Å². The Balaban J connectivity index is 0.00000308. The summed E-state index contributed by atoms with van der Waals surface area (Å²) < 4.78 is 1.70. The molecule has 1 amide bonds. The van der Waals surface area contributed by atoms with Gasteiger partial charge in [-0.1, -0.05) is 6.92 Å². The van der Waals surface area contributed by atoms with Crippen molar-refractivity contribution in [3.63, 3.8) is 0 Å². The van der Waals surface area contributed by atoms with Crippen LogP contribution in [-0.2, 0) is 16.1 Å². The van der Waals surface area contributed by atoms with Crippen LogP contribution in [0.3, 0.4) is 0 Å². The topological polar surface area (TPSA) is 143 Å². The molecule has 2 fully saturated rings. The Morgan fingerprint density at radius 3 is 2.72 bits per heavy atom. The van der Waals surface area contributed by atoms with Crippen LogP contribution in [0.1, 0.15) is 40.3 Å². The molecule has 3 aromatic heterocycles. The predicted octanol–water partition coefficient (Wildman–Crippen LogP) is -3.25. The van der Waals surface area contributed by atoms with Crippen LogP contribution in [0.2, 0.25) is 0 Å².